The summed E-state index contributed by atoms with van der Waals surface area (Å²) in [6, 6.07) is 0. The third kappa shape index (κ3) is 4.04. The van der Waals surface area contributed by atoms with Crippen LogP contribution in [0, 0.1) is 5.92 Å². The summed E-state index contributed by atoms with van der Waals surface area (Å²) in [7, 11) is 5.59. The van der Waals surface area contributed by atoms with Gasteiger partial charge in [0.25, 0.3) is 0 Å². The number of hydrogen-bond donors (Lipinski definition) is 0. The van der Waals surface area contributed by atoms with Gasteiger partial charge in [0.1, 0.15) is 5.57 Å². The predicted molar refractivity (Wildman–Crippen MR) is 84.7 cm³/mol. The molecule has 2 atom stereocenters. The minimum Gasteiger partial charge on any atom is -0.462 e. The lowest BCUT2D eigenvalue weighted by atomic mass is 10.00. The maximum Gasteiger partial charge on any atom is 0.341 e. The Balaban J connectivity index is 2.19. The lowest BCUT2D eigenvalue weighted by molar-refractivity contribution is -0.140. The summed E-state index contributed by atoms with van der Waals surface area (Å²) < 4.78 is 6.70. The lowest BCUT2D eigenvalue weighted by Crippen LogP contribution is -2.24. The molecular weight excluding hydrogens is 296 g/mol. The summed E-state index contributed by atoms with van der Waals surface area (Å²) in [5, 5.41) is 7.97. The van der Waals surface area contributed by atoms with Crippen molar-refractivity contribution in [2.75, 3.05) is 27.2 Å². The quantitative estimate of drug-likeness (QED) is 0.322. The molecule has 2 rings (SSSR count). The van der Waals surface area contributed by atoms with Crippen molar-refractivity contribution in [3.63, 3.8) is 0 Å². The van der Waals surface area contributed by atoms with Gasteiger partial charge in [-0.05, 0) is 39.9 Å². The fraction of sp³-hybridized carbons (Fsp3) is 0.625. The second kappa shape index (κ2) is 7.04. The molecule has 0 spiro atoms. The number of carbonyl (C=O) groups is 2. The molecule has 1 saturated carbocycles. The van der Waals surface area contributed by atoms with E-state index in [-0.39, 0.29) is 29.8 Å². The summed E-state index contributed by atoms with van der Waals surface area (Å²) in [5.74, 6) is -0.823. The van der Waals surface area contributed by atoms with Gasteiger partial charge >= 0.3 is 5.97 Å². The van der Waals surface area contributed by atoms with Crippen molar-refractivity contribution in [1.29, 1.82) is 0 Å². The average Bonchev–Trinajstić information content (AvgIpc) is 3.13. The highest BCUT2D eigenvalue weighted by molar-refractivity contribution is 6.19. The zero-order chi connectivity index (χ0) is 17.1. The molecular formula is C16H24N4O3. The van der Waals surface area contributed by atoms with E-state index in [1.165, 1.54) is 0 Å². The van der Waals surface area contributed by atoms with Gasteiger partial charge in [0.15, 0.2) is 5.78 Å². The van der Waals surface area contributed by atoms with Crippen molar-refractivity contribution < 1.29 is 14.3 Å². The van der Waals surface area contributed by atoms with E-state index in [0.717, 1.165) is 11.3 Å². The van der Waals surface area contributed by atoms with Gasteiger partial charge in [-0.2, -0.15) is 0 Å². The van der Waals surface area contributed by atoms with Crippen molar-refractivity contribution in [3.05, 3.63) is 23.0 Å². The van der Waals surface area contributed by atoms with Gasteiger partial charge < -0.3 is 9.64 Å². The lowest BCUT2D eigenvalue weighted by Gasteiger charge is -2.14. The van der Waals surface area contributed by atoms with Crippen LogP contribution in [0.5, 0.6) is 0 Å². The molecule has 0 amide bonds. The van der Waals surface area contributed by atoms with Gasteiger partial charge in [-0.3, -0.25) is 9.48 Å². The van der Waals surface area contributed by atoms with Crippen LogP contribution in [-0.2, 0) is 21.4 Å². The van der Waals surface area contributed by atoms with Crippen molar-refractivity contribution in [1.82, 2.24) is 19.9 Å². The van der Waals surface area contributed by atoms with Crippen molar-refractivity contribution in [2.45, 2.75) is 26.2 Å². The minimum absolute atomic E-state index is 0.0489. The molecule has 126 valence electrons. The first kappa shape index (κ1) is 17.3. The van der Waals surface area contributed by atoms with E-state index in [4.69, 9.17) is 4.74 Å². The van der Waals surface area contributed by atoms with E-state index >= 15 is 0 Å². The molecule has 23 heavy (non-hydrogen) atoms. The standard InChI is InChI=1S/C16H24N4O3/c1-6-23-16(22)14(10(2)8-19(3)4)15(21)12-7-11(12)13-9-20(5)18-17-13/h9,11-12H,6-8H2,1-5H3/b14-10+/t11-,12-/m1/s1. The molecule has 1 aliphatic carbocycles. The Bertz CT molecular complexity index is 633. The topological polar surface area (TPSA) is 77.3 Å². The van der Waals surface area contributed by atoms with Crippen LogP contribution in [-0.4, -0.2) is 58.9 Å². The fourth-order valence-electron chi connectivity index (χ4n) is 2.77. The van der Waals surface area contributed by atoms with Gasteiger partial charge in [0.05, 0.1) is 12.3 Å². The number of nitrogens with zero attached hydrogens (tertiary/aromatic N) is 4. The van der Waals surface area contributed by atoms with Crippen LogP contribution in [0.15, 0.2) is 17.3 Å². The van der Waals surface area contributed by atoms with Gasteiger partial charge in [-0.25, -0.2) is 4.79 Å². The van der Waals surface area contributed by atoms with Gasteiger partial charge in [-0.15, -0.1) is 5.10 Å². The monoisotopic (exact) mass is 320 g/mol. The molecule has 0 aliphatic heterocycles. The van der Waals surface area contributed by atoms with E-state index in [1.54, 1.807) is 18.7 Å². The number of aryl methyl sites for hydroxylation is 1. The van der Waals surface area contributed by atoms with E-state index < -0.39 is 5.97 Å². The Kier molecular flexibility index (Phi) is 5.30. The van der Waals surface area contributed by atoms with E-state index in [9.17, 15) is 9.59 Å². The molecule has 1 heterocycles. The summed E-state index contributed by atoms with van der Waals surface area (Å²) in [4.78, 5) is 27.0. The first-order valence-electron chi connectivity index (χ1n) is 7.77. The maximum atomic E-state index is 12.8. The highest BCUT2D eigenvalue weighted by atomic mass is 16.5. The van der Waals surface area contributed by atoms with Crippen LogP contribution in [0.3, 0.4) is 0 Å². The van der Waals surface area contributed by atoms with Crippen LogP contribution in [0.2, 0.25) is 0 Å². The smallest absolute Gasteiger partial charge is 0.341 e. The highest BCUT2D eigenvalue weighted by Crippen LogP contribution is 2.48. The van der Waals surface area contributed by atoms with Crippen molar-refractivity contribution in [2.24, 2.45) is 13.0 Å². The Hall–Kier alpha value is -2.02. The van der Waals surface area contributed by atoms with Crippen LogP contribution < -0.4 is 0 Å². The Morgan fingerprint density at radius 1 is 1.43 bits per heavy atom. The van der Waals surface area contributed by atoms with Gasteiger partial charge in [0, 0.05) is 31.6 Å². The van der Waals surface area contributed by atoms with Crippen LogP contribution in [0.4, 0.5) is 0 Å². The SMILES string of the molecule is CCOC(=O)/C(C(=O)[C@@H]1C[C@H]1c1cn(C)nn1)=C(\C)CN(C)C. The zero-order valence-electron chi connectivity index (χ0n) is 14.4. The Morgan fingerprint density at radius 3 is 2.65 bits per heavy atom. The third-order valence-electron chi connectivity index (χ3n) is 3.83. The summed E-state index contributed by atoms with van der Waals surface area (Å²) >= 11 is 0. The summed E-state index contributed by atoms with van der Waals surface area (Å²) in [5.41, 5.74) is 1.74. The van der Waals surface area contributed by atoms with E-state index in [1.807, 2.05) is 32.1 Å². The molecule has 1 fully saturated rings. The minimum atomic E-state index is -0.526. The number of esters is 1. The van der Waals surface area contributed by atoms with Crippen LogP contribution in [0.25, 0.3) is 0 Å². The number of Topliss-reactive ketones (excluding diaryl/α,β-unsaturated/α-hetero) is 1. The summed E-state index contributed by atoms with van der Waals surface area (Å²) in [6.07, 6.45) is 2.52. The Morgan fingerprint density at radius 2 is 2.13 bits per heavy atom. The molecule has 0 radical (unpaired) electrons. The van der Waals surface area contributed by atoms with Gasteiger partial charge in [-0.1, -0.05) is 5.21 Å². The van der Waals surface area contributed by atoms with Crippen molar-refractivity contribution >= 4 is 11.8 Å². The average molecular weight is 320 g/mol. The van der Waals surface area contributed by atoms with Crippen molar-refractivity contribution in [3.8, 4) is 0 Å². The van der Waals surface area contributed by atoms with Crippen LogP contribution >= 0.6 is 0 Å². The molecule has 7 nitrogen and oxygen atoms in total. The number of rotatable bonds is 7. The number of hydrogen-bond acceptors (Lipinski definition) is 6. The fourth-order valence-corrected chi connectivity index (χ4v) is 2.77. The molecule has 1 aromatic rings. The van der Waals surface area contributed by atoms with Crippen LogP contribution in [0.1, 0.15) is 31.9 Å². The molecule has 0 unspecified atom stereocenters. The van der Waals surface area contributed by atoms with E-state index in [0.29, 0.717) is 13.0 Å². The van der Waals surface area contributed by atoms with Gasteiger partial charge in [0.2, 0.25) is 0 Å². The molecule has 7 heteroatoms. The first-order valence-corrected chi connectivity index (χ1v) is 7.77. The second-order valence-corrected chi connectivity index (χ2v) is 6.24. The third-order valence-corrected chi connectivity index (χ3v) is 3.83. The number of aromatic nitrogens is 3. The number of ketones is 1. The normalized spacial score (nSPS) is 21.1. The maximum absolute atomic E-state index is 12.8. The van der Waals surface area contributed by atoms with E-state index in [2.05, 4.69) is 10.3 Å². The molecule has 1 aliphatic rings. The largest absolute Gasteiger partial charge is 0.462 e. The predicted octanol–water partition coefficient (Wildman–Crippen LogP) is 0.929. The second-order valence-electron chi connectivity index (χ2n) is 6.24. The molecule has 1 aromatic heterocycles. The number of carbonyl (C=O) groups excluding carboxylic acids is 2. The molecule has 0 saturated heterocycles. The summed E-state index contributed by atoms with van der Waals surface area (Å²) in [6.45, 7) is 4.34. The zero-order valence-corrected chi connectivity index (χ0v) is 14.4. The number of likely N-dealkylation sites (N-methyl/N-ethyl adjacent to an activating group) is 1. The molecule has 0 N–H and O–H groups in total. The first-order chi connectivity index (χ1) is 10.8. The highest BCUT2D eigenvalue weighted by Gasteiger charge is 2.48. The molecule has 0 aromatic carbocycles. The molecule has 0 bridgehead atoms. The number of ether oxygens (including phenoxy) is 1. The Labute approximate surface area is 136 Å².